The van der Waals surface area contributed by atoms with Crippen LogP contribution in [0.3, 0.4) is 0 Å². The minimum absolute atomic E-state index is 0.0353. The first-order valence-electron chi connectivity index (χ1n) is 11.0. The molecular formula is C25H25N3O6S. The number of unbranched alkanes of at least 4 members (excludes halogenated alkanes) is 1. The zero-order chi connectivity index (χ0) is 25.4. The summed E-state index contributed by atoms with van der Waals surface area (Å²) in [6.07, 6.45) is 3.72. The van der Waals surface area contributed by atoms with Crippen LogP contribution in [0.4, 0.5) is 5.82 Å². The Bertz CT molecular complexity index is 1240. The molecule has 3 rings (SSSR count). The lowest BCUT2D eigenvalue weighted by atomic mass is 10.1. The largest absolute Gasteiger partial charge is 0.478 e. The van der Waals surface area contributed by atoms with Crippen LogP contribution in [0.2, 0.25) is 0 Å². The SMILES string of the molecule is CCCCc1nc([N+](=O)[O-])c(CSC(=Cc2ccccc2)C(=O)O)n1Cc1ccc(C(=O)O)cc1. The van der Waals surface area contributed by atoms with Crippen LogP contribution < -0.4 is 0 Å². The Kier molecular flexibility index (Phi) is 8.80. The second-order valence-corrected chi connectivity index (χ2v) is 8.78. The van der Waals surface area contributed by atoms with Crippen LogP contribution in [0.15, 0.2) is 59.5 Å². The van der Waals surface area contributed by atoms with Crippen LogP contribution in [-0.2, 0) is 23.5 Å². The fourth-order valence-electron chi connectivity index (χ4n) is 3.47. The van der Waals surface area contributed by atoms with Crippen molar-refractivity contribution in [3.8, 4) is 0 Å². The van der Waals surface area contributed by atoms with E-state index >= 15 is 0 Å². The summed E-state index contributed by atoms with van der Waals surface area (Å²) in [7, 11) is 0. The molecule has 182 valence electrons. The number of hydrogen-bond acceptors (Lipinski definition) is 6. The number of hydrogen-bond donors (Lipinski definition) is 2. The van der Waals surface area contributed by atoms with Crippen LogP contribution in [0.5, 0.6) is 0 Å². The summed E-state index contributed by atoms with van der Waals surface area (Å²) in [5, 5.41) is 30.7. The molecule has 9 nitrogen and oxygen atoms in total. The number of aliphatic carboxylic acids is 1. The third-order valence-corrected chi connectivity index (χ3v) is 6.29. The average Bonchev–Trinajstić information content (AvgIpc) is 3.18. The van der Waals surface area contributed by atoms with Gasteiger partial charge in [-0.1, -0.05) is 55.8 Å². The molecule has 0 aliphatic heterocycles. The highest BCUT2D eigenvalue weighted by molar-refractivity contribution is 8.03. The summed E-state index contributed by atoms with van der Waals surface area (Å²) >= 11 is 0.996. The van der Waals surface area contributed by atoms with Crippen molar-refractivity contribution in [2.45, 2.75) is 38.5 Å². The molecule has 0 fully saturated rings. The number of aryl methyl sites for hydroxylation is 1. The summed E-state index contributed by atoms with van der Waals surface area (Å²) in [4.78, 5) is 38.6. The number of aromatic carboxylic acids is 1. The third-order valence-electron chi connectivity index (χ3n) is 5.27. The first kappa shape index (κ1) is 25.7. The van der Waals surface area contributed by atoms with Gasteiger partial charge in [-0.3, -0.25) is 0 Å². The van der Waals surface area contributed by atoms with Crippen molar-refractivity contribution in [2.24, 2.45) is 0 Å². The molecule has 0 radical (unpaired) electrons. The minimum Gasteiger partial charge on any atom is -0.478 e. The smallest absolute Gasteiger partial charge is 0.386 e. The molecule has 0 atom stereocenters. The van der Waals surface area contributed by atoms with Gasteiger partial charge in [-0.25, -0.2) is 9.59 Å². The molecule has 0 spiro atoms. The van der Waals surface area contributed by atoms with Gasteiger partial charge >= 0.3 is 17.8 Å². The van der Waals surface area contributed by atoms with Gasteiger partial charge in [-0.05, 0) is 45.7 Å². The Morgan fingerprint density at radius 1 is 1.11 bits per heavy atom. The Balaban J connectivity index is 1.98. The number of nitrogens with zero attached hydrogens (tertiary/aromatic N) is 3. The highest BCUT2D eigenvalue weighted by Crippen LogP contribution is 2.31. The van der Waals surface area contributed by atoms with Crippen molar-refractivity contribution in [1.29, 1.82) is 0 Å². The second kappa shape index (κ2) is 12.0. The average molecular weight is 496 g/mol. The van der Waals surface area contributed by atoms with E-state index in [9.17, 15) is 24.8 Å². The number of carboxylic acids is 2. The van der Waals surface area contributed by atoms with Gasteiger partial charge in [0.05, 0.1) is 17.0 Å². The minimum atomic E-state index is -1.12. The van der Waals surface area contributed by atoms with Gasteiger partial charge in [0.1, 0.15) is 5.69 Å². The van der Waals surface area contributed by atoms with Crippen LogP contribution in [-0.4, -0.2) is 36.6 Å². The number of carbonyl (C=O) groups is 2. The fraction of sp³-hybridized carbons (Fsp3) is 0.240. The number of imidazole rings is 1. The monoisotopic (exact) mass is 495 g/mol. The van der Waals surface area contributed by atoms with Crippen molar-refractivity contribution in [3.63, 3.8) is 0 Å². The Hall–Kier alpha value is -3.92. The summed E-state index contributed by atoms with van der Waals surface area (Å²) in [5.41, 5.74) is 1.92. The fourth-order valence-corrected chi connectivity index (χ4v) is 4.39. The lowest BCUT2D eigenvalue weighted by molar-refractivity contribution is -0.390. The topological polar surface area (TPSA) is 136 Å². The molecule has 35 heavy (non-hydrogen) atoms. The quantitative estimate of drug-likeness (QED) is 0.198. The van der Waals surface area contributed by atoms with Crippen molar-refractivity contribution < 1.29 is 24.7 Å². The van der Waals surface area contributed by atoms with E-state index < -0.39 is 16.9 Å². The number of aromatic nitrogens is 2. The van der Waals surface area contributed by atoms with Gasteiger partial charge in [0, 0.05) is 12.2 Å². The predicted molar refractivity (Wildman–Crippen MR) is 133 cm³/mol. The Morgan fingerprint density at radius 3 is 2.37 bits per heavy atom. The molecule has 0 amide bonds. The maximum absolute atomic E-state index is 11.9. The van der Waals surface area contributed by atoms with Gasteiger partial charge in [0.15, 0.2) is 0 Å². The van der Waals surface area contributed by atoms with Gasteiger partial charge in [0.25, 0.3) is 0 Å². The molecule has 0 bridgehead atoms. The number of thioether (sulfide) groups is 1. The van der Waals surface area contributed by atoms with E-state index in [4.69, 9.17) is 5.11 Å². The summed E-state index contributed by atoms with van der Waals surface area (Å²) in [6.45, 7) is 2.26. The lowest BCUT2D eigenvalue weighted by Gasteiger charge is -2.11. The Labute approximate surface area is 206 Å². The molecule has 0 aliphatic rings. The van der Waals surface area contributed by atoms with Crippen LogP contribution in [0.25, 0.3) is 6.08 Å². The molecule has 2 aromatic carbocycles. The van der Waals surface area contributed by atoms with E-state index in [0.717, 1.165) is 30.2 Å². The van der Waals surface area contributed by atoms with Crippen molar-refractivity contribution in [2.75, 3.05) is 0 Å². The van der Waals surface area contributed by atoms with E-state index in [2.05, 4.69) is 4.98 Å². The van der Waals surface area contributed by atoms with Crippen molar-refractivity contribution in [1.82, 2.24) is 9.55 Å². The van der Waals surface area contributed by atoms with Crippen LogP contribution in [0, 0.1) is 10.1 Å². The van der Waals surface area contributed by atoms with Crippen LogP contribution >= 0.6 is 11.8 Å². The maximum Gasteiger partial charge on any atom is 0.386 e. The number of carboxylic acid groups (broad SMARTS) is 2. The zero-order valence-electron chi connectivity index (χ0n) is 19.1. The highest BCUT2D eigenvalue weighted by Gasteiger charge is 2.28. The van der Waals surface area contributed by atoms with Crippen molar-refractivity contribution in [3.05, 3.63) is 97.8 Å². The molecule has 1 heterocycles. The molecule has 0 aliphatic carbocycles. The Morgan fingerprint density at radius 2 is 1.80 bits per heavy atom. The molecule has 1 aromatic heterocycles. The first-order chi connectivity index (χ1) is 16.8. The lowest BCUT2D eigenvalue weighted by Crippen LogP contribution is -2.10. The number of nitro groups is 1. The summed E-state index contributed by atoms with van der Waals surface area (Å²) < 4.78 is 1.75. The maximum atomic E-state index is 11.9. The zero-order valence-corrected chi connectivity index (χ0v) is 19.9. The number of benzene rings is 2. The predicted octanol–water partition coefficient (Wildman–Crippen LogP) is 5.24. The van der Waals surface area contributed by atoms with Gasteiger partial charge in [-0.2, -0.15) is 0 Å². The molecule has 0 unspecified atom stereocenters. The van der Waals surface area contributed by atoms with Gasteiger partial charge in [-0.15, -0.1) is 11.8 Å². The van der Waals surface area contributed by atoms with E-state index in [1.807, 2.05) is 13.0 Å². The highest BCUT2D eigenvalue weighted by atomic mass is 32.2. The van der Waals surface area contributed by atoms with Gasteiger partial charge in [0.2, 0.25) is 5.82 Å². The van der Waals surface area contributed by atoms with E-state index in [-0.39, 0.29) is 28.6 Å². The van der Waals surface area contributed by atoms with E-state index in [1.54, 1.807) is 41.0 Å². The van der Waals surface area contributed by atoms with E-state index in [1.165, 1.54) is 18.2 Å². The second-order valence-electron chi connectivity index (χ2n) is 7.76. The van der Waals surface area contributed by atoms with Crippen molar-refractivity contribution >= 4 is 35.6 Å². The summed E-state index contributed by atoms with van der Waals surface area (Å²) in [6, 6.07) is 15.3. The number of rotatable bonds is 12. The normalized spacial score (nSPS) is 11.4. The molecule has 0 saturated carbocycles. The van der Waals surface area contributed by atoms with Gasteiger partial charge < -0.3 is 24.9 Å². The standard InChI is InChI=1S/C25H25N3O6S/c1-2-3-9-22-26-23(28(33)34)20(27(22)15-18-10-12-19(13-11-18)24(29)30)16-35-21(25(31)32)14-17-7-5-4-6-8-17/h4-8,10-14H,2-3,9,15-16H2,1H3,(H,29,30)(H,31,32). The molecule has 10 heteroatoms. The summed E-state index contributed by atoms with van der Waals surface area (Å²) in [5.74, 6) is -1.88. The first-order valence-corrected chi connectivity index (χ1v) is 12.0. The molecule has 0 saturated heterocycles. The molecule has 3 aromatic rings. The van der Waals surface area contributed by atoms with E-state index in [0.29, 0.717) is 23.5 Å². The van der Waals surface area contributed by atoms with Crippen LogP contribution in [0.1, 0.15) is 52.8 Å². The molecular weight excluding hydrogens is 470 g/mol. The molecule has 2 N–H and O–H groups in total. The third kappa shape index (κ3) is 6.80.